The molecule has 0 saturated heterocycles. The summed E-state index contributed by atoms with van der Waals surface area (Å²) in [7, 11) is 1.78. The van der Waals surface area contributed by atoms with Gasteiger partial charge in [0.15, 0.2) is 0 Å². The molecular weight excluding hydrogens is 322 g/mol. The van der Waals surface area contributed by atoms with Gasteiger partial charge in [-0.2, -0.15) is 0 Å². The van der Waals surface area contributed by atoms with E-state index in [1.54, 1.807) is 23.3 Å². The molecule has 0 fully saturated rings. The van der Waals surface area contributed by atoms with Crippen molar-refractivity contribution >= 4 is 17.4 Å². The Morgan fingerprint density at radius 2 is 2.00 bits per heavy atom. The molecule has 5 nitrogen and oxygen atoms in total. The van der Waals surface area contributed by atoms with Crippen LogP contribution in [0.1, 0.15) is 29.1 Å². The summed E-state index contributed by atoms with van der Waals surface area (Å²) in [6.45, 7) is 5.86. The Morgan fingerprint density at radius 3 is 2.67 bits per heavy atom. The number of nitrogens with one attached hydrogen (secondary N) is 1. The van der Waals surface area contributed by atoms with E-state index in [-0.39, 0.29) is 6.03 Å². The molecule has 0 spiro atoms. The molecule has 2 rings (SSSR count). The van der Waals surface area contributed by atoms with Gasteiger partial charge in [0.2, 0.25) is 0 Å². The molecule has 1 N–H and O–H groups in total. The number of hydrogen-bond acceptors (Lipinski definition) is 4. The first-order valence-corrected chi connectivity index (χ1v) is 9.02. The molecule has 1 aromatic heterocycles. The lowest BCUT2D eigenvalue weighted by Gasteiger charge is -2.16. The van der Waals surface area contributed by atoms with E-state index in [9.17, 15) is 4.79 Å². The van der Waals surface area contributed by atoms with Gasteiger partial charge >= 0.3 is 6.03 Å². The van der Waals surface area contributed by atoms with Crippen LogP contribution in [0.25, 0.3) is 0 Å². The van der Waals surface area contributed by atoms with Crippen LogP contribution in [0.5, 0.6) is 5.75 Å². The summed E-state index contributed by atoms with van der Waals surface area (Å²) < 4.78 is 5.67. The molecule has 0 unspecified atom stereocenters. The number of unbranched alkanes of at least 4 members (excludes halogenated alkanes) is 1. The fourth-order valence-corrected chi connectivity index (χ4v) is 2.78. The monoisotopic (exact) mass is 347 g/mol. The number of benzene rings is 1. The van der Waals surface area contributed by atoms with Crippen molar-refractivity contribution in [1.29, 1.82) is 0 Å². The first-order chi connectivity index (χ1) is 11.5. The van der Waals surface area contributed by atoms with Crippen LogP contribution in [0, 0.1) is 13.8 Å². The molecule has 0 saturated carbocycles. The Bertz CT molecular complexity index is 640. The molecule has 1 heterocycles. The highest BCUT2D eigenvalue weighted by atomic mass is 32.1. The molecule has 2 aromatic rings. The third-order valence-electron chi connectivity index (χ3n) is 3.55. The zero-order valence-electron chi connectivity index (χ0n) is 14.5. The van der Waals surface area contributed by atoms with Crippen LogP contribution in [0.2, 0.25) is 0 Å². The second-order valence-electron chi connectivity index (χ2n) is 5.81. The average Bonchev–Trinajstić information content (AvgIpc) is 2.97. The lowest BCUT2D eigenvalue weighted by Crippen LogP contribution is -2.37. The minimum Gasteiger partial charge on any atom is -0.494 e. The van der Waals surface area contributed by atoms with Crippen LogP contribution < -0.4 is 10.1 Å². The molecule has 2 amide bonds. The van der Waals surface area contributed by atoms with Crippen LogP contribution in [0.4, 0.5) is 4.79 Å². The number of aryl methyl sites for hydroxylation is 2. The summed E-state index contributed by atoms with van der Waals surface area (Å²) in [5, 5.41) is 5.93. The number of nitrogens with zero attached hydrogens (tertiary/aromatic N) is 2. The Kier molecular flexibility index (Phi) is 7.06. The van der Waals surface area contributed by atoms with Crippen molar-refractivity contribution in [3.8, 4) is 5.75 Å². The Balaban J connectivity index is 1.56. The quantitative estimate of drug-likeness (QED) is 0.740. The fourth-order valence-electron chi connectivity index (χ4n) is 2.18. The van der Waals surface area contributed by atoms with Gasteiger partial charge in [0, 0.05) is 19.0 Å². The smallest absolute Gasteiger partial charge is 0.317 e. The van der Waals surface area contributed by atoms with Gasteiger partial charge in [0.1, 0.15) is 5.75 Å². The maximum Gasteiger partial charge on any atom is 0.317 e. The highest BCUT2D eigenvalue weighted by Gasteiger charge is 2.09. The summed E-state index contributed by atoms with van der Waals surface area (Å²) in [4.78, 5) is 18.0. The maximum atomic E-state index is 12.0. The molecule has 0 aliphatic rings. The number of ether oxygens (including phenoxy) is 1. The van der Waals surface area contributed by atoms with Crippen molar-refractivity contribution in [2.75, 3.05) is 20.2 Å². The predicted molar refractivity (Wildman–Crippen MR) is 97.6 cm³/mol. The molecule has 0 bridgehead atoms. The van der Waals surface area contributed by atoms with E-state index in [2.05, 4.69) is 17.2 Å². The zero-order chi connectivity index (χ0) is 17.4. The average molecular weight is 347 g/mol. The van der Waals surface area contributed by atoms with Crippen LogP contribution in [0.3, 0.4) is 0 Å². The Labute approximate surface area is 147 Å². The van der Waals surface area contributed by atoms with Gasteiger partial charge in [0.25, 0.3) is 0 Å². The van der Waals surface area contributed by atoms with Gasteiger partial charge in [-0.05, 0) is 38.8 Å². The number of carbonyl (C=O) groups is 1. The van der Waals surface area contributed by atoms with Crippen LogP contribution >= 0.6 is 11.3 Å². The van der Waals surface area contributed by atoms with E-state index in [4.69, 9.17) is 4.74 Å². The molecule has 0 aliphatic carbocycles. The second-order valence-corrected chi connectivity index (χ2v) is 6.88. The molecular formula is C18H25N3O2S. The fraction of sp³-hybridized carbons (Fsp3) is 0.444. The number of thiazole rings is 1. The van der Waals surface area contributed by atoms with Gasteiger partial charge in [-0.25, -0.2) is 9.78 Å². The third kappa shape index (κ3) is 6.20. The zero-order valence-corrected chi connectivity index (χ0v) is 15.4. The summed E-state index contributed by atoms with van der Waals surface area (Å²) in [6, 6.07) is 7.96. The highest BCUT2D eigenvalue weighted by molar-refractivity contribution is 7.09. The number of amides is 2. The summed E-state index contributed by atoms with van der Waals surface area (Å²) in [5.41, 5.74) is 2.16. The molecule has 6 heteroatoms. The molecule has 0 atom stereocenters. The summed E-state index contributed by atoms with van der Waals surface area (Å²) in [5.74, 6) is 0.892. The van der Waals surface area contributed by atoms with E-state index in [1.165, 1.54) is 5.56 Å². The standard InChI is InChI=1S/C18H25N3O2S/c1-14-6-8-17(9-7-14)23-11-5-4-10-19-18(22)21(3)12-16-13-24-15(2)20-16/h6-9,13H,4-5,10-12H2,1-3H3,(H,19,22). The molecule has 0 aliphatic heterocycles. The number of rotatable bonds is 8. The van der Waals surface area contributed by atoms with Crippen molar-refractivity contribution in [3.63, 3.8) is 0 Å². The lowest BCUT2D eigenvalue weighted by molar-refractivity contribution is 0.206. The largest absolute Gasteiger partial charge is 0.494 e. The number of aromatic nitrogens is 1. The molecule has 1 aromatic carbocycles. The first-order valence-electron chi connectivity index (χ1n) is 8.14. The molecule has 24 heavy (non-hydrogen) atoms. The van der Waals surface area contributed by atoms with Crippen molar-refractivity contribution in [2.45, 2.75) is 33.2 Å². The second kappa shape index (κ2) is 9.27. The van der Waals surface area contributed by atoms with Crippen LogP contribution in [-0.4, -0.2) is 36.1 Å². The topological polar surface area (TPSA) is 54.5 Å². The first kappa shape index (κ1) is 18.3. The van der Waals surface area contributed by atoms with Gasteiger partial charge in [-0.15, -0.1) is 11.3 Å². The molecule has 0 radical (unpaired) electrons. The lowest BCUT2D eigenvalue weighted by atomic mass is 10.2. The predicted octanol–water partition coefficient (Wildman–Crippen LogP) is 3.76. The van der Waals surface area contributed by atoms with E-state index in [1.807, 2.05) is 36.6 Å². The van der Waals surface area contributed by atoms with E-state index < -0.39 is 0 Å². The van der Waals surface area contributed by atoms with Gasteiger partial charge in [-0.3, -0.25) is 0 Å². The number of carbonyl (C=O) groups excluding carboxylic acids is 1. The minimum absolute atomic E-state index is 0.0693. The summed E-state index contributed by atoms with van der Waals surface area (Å²) in [6.07, 6.45) is 1.80. The number of hydrogen-bond donors (Lipinski definition) is 1. The van der Waals surface area contributed by atoms with Crippen molar-refractivity contribution in [3.05, 3.63) is 45.9 Å². The highest BCUT2D eigenvalue weighted by Crippen LogP contribution is 2.12. The summed E-state index contributed by atoms with van der Waals surface area (Å²) >= 11 is 1.60. The minimum atomic E-state index is -0.0693. The Hall–Kier alpha value is -2.08. The SMILES string of the molecule is Cc1ccc(OCCCCNC(=O)N(C)Cc2csc(C)n2)cc1. The van der Waals surface area contributed by atoms with E-state index in [0.717, 1.165) is 29.3 Å². The normalized spacial score (nSPS) is 10.5. The van der Waals surface area contributed by atoms with Crippen molar-refractivity contribution in [2.24, 2.45) is 0 Å². The van der Waals surface area contributed by atoms with Crippen molar-refractivity contribution < 1.29 is 9.53 Å². The van der Waals surface area contributed by atoms with Crippen LogP contribution in [-0.2, 0) is 6.54 Å². The van der Waals surface area contributed by atoms with E-state index >= 15 is 0 Å². The van der Waals surface area contributed by atoms with Gasteiger partial charge < -0.3 is 15.0 Å². The third-order valence-corrected chi connectivity index (χ3v) is 4.37. The molecule has 130 valence electrons. The van der Waals surface area contributed by atoms with Gasteiger partial charge in [-0.1, -0.05) is 17.7 Å². The number of urea groups is 1. The van der Waals surface area contributed by atoms with E-state index in [0.29, 0.717) is 19.7 Å². The van der Waals surface area contributed by atoms with Crippen LogP contribution in [0.15, 0.2) is 29.6 Å². The van der Waals surface area contributed by atoms with Gasteiger partial charge in [0.05, 0.1) is 23.9 Å². The Morgan fingerprint density at radius 1 is 1.25 bits per heavy atom. The van der Waals surface area contributed by atoms with Crippen molar-refractivity contribution in [1.82, 2.24) is 15.2 Å². The maximum absolute atomic E-state index is 12.0.